The van der Waals surface area contributed by atoms with Crippen LogP contribution in [0.3, 0.4) is 0 Å². The summed E-state index contributed by atoms with van der Waals surface area (Å²) in [6, 6.07) is 8.93. The number of nitrogens with one attached hydrogen (secondary N) is 2. The normalized spacial score (nSPS) is 23.2. The fourth-order valence-corrected chi connectivity index (χ4v) is 4.00. The maximum atomic E-state index is 5.61. The second-order valence-corrected chi connectivity index (χ2v) is 7.10. The van der Waals surface area contributed by atoms with Crippen LogP contribution in [-0.2, 0) is 11.2 Å². The van der Waals surface area contributed by atoms with Gasteiger partial charge in [-0.3, -0.25) is 0 Å². The van der Waals surface area contributed by atoms with E-state index < -0.39 is 0 Å². The maximum absolute atomic E-state index is 5.61. The fraction of sp³-hybridized carbons (Fsp3) is 0.632. The minimum Gasteiger partial charge on any atom is -0.381 e. The molecule has 1 saturated carbocycles. The molecule has 4 rings (SSSR count). The molecule has 0 amide bonds. The molecule has 2 unspecified atom stereocenters. The molecule has 1 aliphatic carbocycles. The number of imidazole rings is 1. The lowest BCUT2D eigenvalue weighted by Crippen LogP contribution is -2.45. The summed E-state index contributed by atoms with van der Waals surface area (Å²) in [6.07, 6.45) is 7.60. The van der Waals surface area contributed by atoms with E-state index in [0.717, 1.165) is 61.3 Å². The monoisotopic (exact) mass is 313 g/mol. The third-order valence-electron chi connectivity index (χ3n) is 5.54. The number of hydrogen-bond acceptors (Lipinski definition) is 3. The number of rotatable bonds is 7. The third kappa shape index (κ3) is 3.43. The van der Waals surface area contributed by atoms with E-state index in [1.165, 1.54) is 25.7 Å². The molecule has 2 aliphatic rings. The summed E-state index contributed by atoms with van der Waals surface area (Å²) < 4.78 is 5.61. The highest BCUT2D eigenvalue weighted by molar-refractivity contribution is 5.74. The number of aromatic amines is 1. The third-order valence-corrected chi connectivity index (χ3v) is 5.54. The van der Waals surface area contributed by atoms with Crippen molar-refractivity contribution >= 4 is 11.0 Å². The Labute approximate surface area is 138 Å². The molecule has 2 aromatic rings. The Kier molecular flexibility index (Phi) is 4.62. The van der Waals surface area contributed by atoms with Gasteiger partial charge in [0, 0.05) is 25.0 Å². The predicted molar refractivity (Wildman–Crippen MR) is 92.5 cm³/mol. The number of ether oxygens (including phenoxy) is 1. The van der Waals surface area contributed by atoms with Crippen LogP contribution in [0, 0.1) is 11.8 Å². The van der Waals surface area contributed by atoms with Gasteiger partial charge in [-0.1, -0.05) is 18.6 Å². The Balaban J connectivity index is 1.28. The van der Waals surface area contributed by atoms with Gasteiger partial charge in [0.15, 0.2) is 0 Å². The molecule has 124 valence electrons. The fourth-order valence-electron chi connectivity index (χ4n) is 4.00. The first-order valence-electron chi connectivity index (χ1n) is 9.15. The molecule has 4 heteroatoms. The van der Waals surface area contributed by atoms with Crippen LogP contribution in [-0.4, -0.2) is 35.8 Å². The van der Waals surface area contributed by atoms with Crippen molar-refractivity contribution in [3.63, 3.8) is 0 Å². The number of fused-ring (bicyclic) bond motifs is 1. The van der Waals surface area contributed by atoms with Gasteiger partial charge >= 0.3 is 0 Å². The zero-order valence-corrected chi connectivity index (χ0v) is 13.8. The Morgan fingerprint density at radius 3 is 2.87 bits per heavy atom. The summed E-state index contributed by atoms with van der Waals surface area (Å²) in [6.45, 7) is 2.99. The summed E-state index contributed by atoms with van der Waals surface area (Å²) >= 11 is 0. The quantitative estimate of drug-likeness (QED) is 0.771. The van der Waals surface area contributed by atoms with Gasteiger partial charge in [0.25, 0.3) is 0 Å². The first-order chi connectivity index (χ1) is 11.4. The number of nitrogens with zero attached hydrogens (tertiary/aromatic N) is 1. The van der Waals surface area contributed by atoms with Gasteiger partial charge in [-0.05, 0) is 50.3 Å². The second kappa shape index (κ2) is 7.02. The molecule has 2 heterocycles. The van der Waals surface area contributed by atoms with E-state index >= 15 is 0 Å². The Hall–Kier alpha value is -1.39. The molecule has 1 aromatic heterocycles. The summed E-state index contributed by atoms with van der Waals surface area (Å²) in [5.41, 5.74) is 2.22. The SMILES string of the molecule is c1ccc2[nH]c(CCCNC(C3CCC3)C3CCOC3)nc2c1. The summed E-state index contributed by atoms with van der Waals surface area (Å²) in [5.74, 6) is 2.72. The molecule has 1 aliphatic heterocycles. The predicted octanol–water partition coefficient (Wildman–Crippen LogP) is 3.29. The summed E-state index contributed by atoms with van der Waals surface area (Å²) in [4.78, 5) is 8.09. The molecule has 1 saturated heterocycles. The Bertz CT molecular complexity index is 595. The second-order valence-electron chi connectivity index (χ2n) is 7.10. The minimum atomic E-state index is 0.668. The molecule has 2 fully saturated rings. The van der Waals surface area contributed by atoms with E-state index in [1.807, 2.05) is 6.07 Å². The lowest BCUT2D eigenvalue weighted by atomic mass is 9.74. The van der Waals surface area contributed by atoms with E-state index in [-0.39, 0.29) is 0 Å². The smallest absolute Gasteiger partial charge is 0.107 e. The van der Waals surface area contributed by atoms with E-state index in [1.54, 1.807) is 0 Å². The van der Waals surface area contributed by atoms with E-state index in [4.69, 9.17) is 4.74 Å². The molecular formula is C19H27N3O. The number of aromatic nitrogens is 2. The number of H-pyrrole nitrogens is 1. The number of benzene rings is 1. The Morgan fingerprint density at radius 1 is 1.22 bits per heavy atom. The van der Waals surface area contributed by atoms with Gasteiger partial charge in [0.1, 0.15) is 5.82 Å². The minimum absolute atomic E-state index is 0.668. The van der Waals surface area contributed by atoms with Gasteiger partial charge in [-0.2, -0.15) is 0 Å². The number of para-hydroxylation sites is 2. The van der Waals surface area contributed by atoms with E-state index in [2.05, 4.69) is 33.5 Å². The molecule has 2 atom stereocenters. The van der Waals surface area contributed by atoms with Crippen LogP contribution in [0.15, 0.2) is 24.3 Å². The largest absolute Gasteiger partial charge is 0.381 e. The van der Waals surface area contributed by atoms with E-state index in [0.29, 0.717) is 6.04 Å². The highest BCUT2D eigenvalue weighted by atomic mass is 16.5. The first kappa shape index (κ1) is 15.2. The van der Waals surface area contributed by atoms with Crippen molar-refractivity contribution in [1.82, 2.24) is 15.3 Å². The van der Waals surface area contributed by atoms with Gasteiger partial charge < -0.3 is 15.0 Å². The maximum Gasteiger partial charge on any atom is 0.107 e. The van der Waals surface area contributed by atoms with Crippen LogP contribution in [0.1, 0.15) is 37.9 Å². The van der Waals surface area contributed by atoms with Crippen molar-refractivity contribution in [1.29, 1.82) is 0 Å². The van der Waals surface area contributed by atoms with Crippen molar-refractivity contribution in [3.8, 4) is 0 Å². The molecule has 1 aromatic carbocycles. The lowest BCUT2D eigenvalue weighted by molar-refractivity contribution is 0.139. The van der Waals surface area contributed by atoms with Crippen molar-refractivity contribution < 1.29 is 4.74 Å². The van der Waals surface area contributed by atoms with Crippen molar-refractivity contribution in [2.45, 2.75) is 44.6 Å². The molecule has 2 N–H and O–H groups in total. The van der Waals surface area contributed by atoms with Crippen LogP contribution in [0.5, 0.6) is 0 Å². The van der Waals surface area contributed by atoms with Crippen molar-refractivity contribution in [2.75, 3.05) is 19.8 Å². The zero-order valence-electron chi connectivity index (χ0n) is 13.8. The average Bonchev–Trinajstić information content (AvgIpc) is 3.16. The van der Waals surface area contributed by atoms with Crippen LogP contribution >= 0.6 is 0 Å². The van der Waals surface area contributed by atoms with Crippen LogP contribution in [0.2, 0.25) is 0 Å². The lowest BCUT2D eigenvalue weighted by Gasteiger charge is -2.37. The molecule has 0 spiro atoms. The van der Waals surface area contributed by atoms with Gasteiger partial charge in [-0.25, -0.2) is 4.98 Å². The molecule has 23 heavy (non-hydrogen) atoms. The number of aryl methyl sites for hydroxylation is 1. The molecule has 4 nitrogen and oxygen atoms in total. The molecule has 0 radical (unpaired) electrons. The summed E-state index contributed by atoms with van der Waals surface area (Å²) in [7, 11) is 0. The van der Waals surface area contributed by atoms with Crippen molar-refractivity contribution in [3.05, 3.63) is 30.1 Å². The van der Waals surface area contributed by atoms with Crippen LogP contribution < -0.4 is 5.32 Å². The van der Waals surface area contributed by atoms with Gasteiger partial charge in [-0.15, -0.1) is 0 Å². The first-order valence-corrected chi connectivity index (χ1v) is 9.15. The highest BCUT2D eigenvalue weighted by Crippen LogP contribution is 2.35. The number of hydrogen-bond donors (Lipinski definition) is 2. The zero-order chi connectivity index (χ0) is 15.5. The standard InChI is InChI=1S/C19H27N3O/c1-2-8-17-16(7-1)21-18(22-17)9-4-11-20-19(14-5-3-6-14)15-10-12-23-13-15/h1-2,7-8,14-15,19-20H,3-6,9-13H2,(H,21,22). The van der Waals surface area contributed by atoms with Gasteiger partial charge in [0.2, 0.25) is 0 Å². The highest BCUT2D eigenvalue weighted by Gasteiger charge is 2.34. The van der Waals surface area contributed by atoms with E-state index in [9.17, 15) is 0 Å². The summed E-state index contributed by atoms with van der Waals surface area (Å²) in [5, 5.41) is 3.85. The van der Waals surface area contributed by atoms with Crippen LogP contribution in [0.25, 0.3) is 11.0 Å². The topological polar surface area (TPSA) is 49.9 Å². The Morgan fingerprint density at radius 2 is 2.13 bits per heavy atom. The van der Waals surface area contributed by atoms with Crippen LogP contribution in [0.4, 0.5) is 0 Å². The molecule has 0 bridgehead atoms. The van der Waals surface area contributed by atoms with Gasteiger partial charge in [0.05, 0.1) is 17.6 Å². The van der Waals surface area contributed by atoms with Crippen molar-refractivity contribution in [2.24, 2.45) is 11.8 Å². The average molecular weight is 313 g/mol. The molecular weight excluding hydrogens is 286 g/mol.